The van der Waals surface area contributed by atoms with E-state index in [4.69, 9.17) is 23.7 Å². The lowest BCUT2D eigenvalue weighted by Crippen LogP contribution is -2.63. The van der Waals surface area contributed by atoms with Gasteiger partial charge in [0.05, 0.1) is 11.5 Å². The van der Waals surface area contributed by atoms with E-state index < -0.39 is 76.9 Å². The number of epoxide rings is 1. The van der Waals surface area contributed by atoms with Gasteiger partial charge in [-0.05, 0) is 33.3 Å². The molecule has 0 radical (unpaired) electrons. The second kappa shape index (κ2) is 9.79. The van der Waals surface area contributed by atoms with E-state index in [1.165, 1.54) is 13.8 Å². The van der Waals surface area contributed by atoms with Crippen molar-refractivity contribution in [2.24, 2.45) is 11.3 Å². The second-order valence-corrected chi connectivity index (χ2v) is 11.4. The maximum Gasteiger partial charge on any atom is 0.342 e. The molecule has 210 valence electrons. The van der Waals surface area contributed by atoms with Crippen LogP contribution in [-0.4, -0.2) is 70.7 Å². The number of carbonyl (C=O) groups is 4. The molecule has 9 atom stereocenters. The third kappa shape index (κ3) is 4.25. The van der Waals surface area contributed by atoms with E-state index in [0.717, 1.165) is 5.57 Å². The van der Waals surface area contributed by atoms with Crippen LogP contribution in [0.3, 0.4) is 0 Å². The lowest BCUT2D eigenvalue weighted by molar-refractivity contribution is -0.210. The minimum Gasteiger partial charge on any atom is -0.461 e. The highest BCUT2D eigenvalue weighted by atomic mass is 16.7. The summed E-state index contributed by atoms with van der Waals surface area (Å²) < 4.78 is 29.4. The number of fused-ring (bicyclic) bond motifs is 1. The summed E-state index contributed by atoms with van der Waals surface area (Å²) in [5.41, 5.74) is -2.60. The normalized spacial score (nSPS) is 43.1. The molecule has 10 nitrogen and oxygen atoms in total. The molecule has 10 heteroatoms. The number of ether oxygens (including phenoxy) is 5. The molecular formula is C28H38O10. The lowest BCUT2D eigenvalue weighted by atomic mass is 9.56. The van der Waals surface area contributed by atoms with Crippen LogP contribution in [0.4, 0.5) is 0 Å². The molecule has 38 heavy (non-hydrogen) atoms. The maximum absolute atomic E-state index is 12.9. The van der Waals surface area contributed by atoms with Crippen molar-refractivity contribution in [2.75, 3.05) is 0 Å². The summed E-state index contributed by atoms with van der Waals surface area (Å²) in [5, 5.41) is 12.1. The second-order valence-electron chi connectivity index (χ2n) is 11.4. The van der Waals surface area contributed by atoms with Crippen molar-refractivity contribution in [1.82, 2.24) is 0 Å². The molecule has 0 bridgehead atoms. The SMILES string of the molecule is CCCC(=O)OC1C/C(C)=C\[C@@H]2OC(=O)[C@]3(C)O[C@]23[C@@H](O)[C@H]2C(C)=CC[C@H](OC(C)=O)[C@]2(C)[C@H]1OC(C)=O. The summed E-state index contributed by atoms with van der Waals surface area (Å²) >= 11 is 0. The van der Waals surface area contributed by atoms with Gasteiger partial charge < -0.3 is 28.8 Å². The summed E-state index contributed by atoms with van der Waals surface area (Å²) in [7, 11) is 0. The van der Waals surface area contributed by atoms with E-state index in [0.29, 0.717) is 12.0 Å². The highest BCUT2D eigenvalue weighted by Crippen LogP contribution is 2.64. The number of carbonyl (C=O) groups excluding carboxylic acids is 4. The van der Waals surface area contributed by atoms with Gasteiger partial charge in [-0.1, -0.05) is 31.1 Å². The van der Waals surface area contributed by atoms with Crippen LogP contribution < -0.4 is 0 Å². The molecule has 4 aliphatic rings. The predicted molar refractivity (Wildman–Crippen MR) is 132 cm³/mol. The molecule has 0 aromatic heterocycles. The molecule has 2 saturated heterocycles. The zero-order valence-electron chi connectivity index (χ0n) is 23.1. The predicted octanol–water partition coefficient (Wildman–Crippen LogP) is 2.70. The zero-order valence-corrected chi connectivity index (χ0v) is 23.1. The molecule has 0 amide bonds. The third-order valence-corrected chi connectivity index (χ3v) is 8.63. The number of aliphatic hydroxyl groups excluding tert-OH is 1. The van der Waals surface area contributed by atoms with Crippen LogP contribution in [0.25, 0.3) is 0 Å². The van der Waals surface area contributed by atoms with Crippen LogP contribution in [0, 0.1) is 11.3 Å². The minimum absolute atomic E-state index is 0.155. The number of esters is 4. The first kappa shape index (κ1) is 28.3. The first-order valence-electron chi connectivity index (χ1n) is 13.2. The molecule has 2 fully saturated rings. The van der Waals surface area contributed by atoms with Gasteiger partial charge in [-0.2, -0.15) is 0 Å². The Kier molecular flexibility index (Phi) is 7.29. The van der Waals surface area contributed by atoms with E-state index in [1.54, 1.807) is 26.8 Å². The van der Waals surface area contributed by atoms with Gasteiger partial charge in [-0.15, -0.1) is 0 Å². The Morgan fingerprint density at radius 1 is 1.11 bits per heavy atom. The van der Waals surface area contributed by atoms with Crippen LogP contribution in [-0.2, 0) is 42.9 Å². The molecule has 2 aliphatic carbocycles. The van der Waals surface area contributed by atoms with Crippen LogP contribution >= 0.6 is 0 Å². The average molecular weight is 535 g/mol. The fourth-order valence-electron chi connectivity index (χ4n) is 6.83. The highest BCUT2D eigenvalue weighted by molar-refractivity contribution is 5.89. The van der Waals surface area contributed by atoms with Gasteiger partial charge in [0.15, 0.2) is 17.3 Å². The van der Waals surface area contributed by atoms with Crippen molar-refractivity contribution >= 4 is 23.9 Å². The first-order valence-corrected chi connectivity index (χ1v) is 13.2. The van der Waals surface area contributed by atoms with Crippen molar-refractivity contribution in [1.29, 1.82) is 0 Å². The molecule has 0 aromatic rings. The Bertz CT molecular complexity index is 1090. The van der Waals surface area contributed by atoms with Gasteiger partial charge in [-0.3, -0.25) is 14.4 Å². The van der Waals surface area contributed by atoms with Gasteiger partial charge >= 0.3 is 23.9 Å². The number of hydrogen-bond acceptors (Lipinski definition) is 10. The van der Waals surface area contributed by atoms with E-state index >= 15 is 0 Å². The summed E-state index contributed by atoms with van der Waals surface area (Å²) in [6.07, 6.45) is -0.387. The zero-order chi connectivity index (χ0) is 28.2. The van der Waals surface area contributed by atoms with Gasteiger partial charge in [0, 0.05) is 39.0 Å². The van der Waals surface area contributed by atoms with E-state index in [2.05, 4.69) is 0 Å². The van der Waals surface area contributed by atoms with Crippen LogP contribution in [0.5, 0.6) is 0 Å². The largest absolute Gasteiger partial charge is 0.461 e. The topological polar surface area (TPSA) is 138 Å². The van der Waals surface area contributed by atoms with Crippen LogP contribution in [0.1, 0.15) is 74.1 Å². The monoisotopic (exact) mass is 534 g/mol. The smallest absolute Gasteiger partial charge is 0.342 e. The minimum atomic E-state index is -1.39. The van der Waals surface area contributed by atoms with E-state index in [9.17, 15) is 24.3 Å². The molecule has 1 N–H and O–H groups in total. The average Bonchev–Trinajstić information content (AvgIpc) is 3.40. The number of aliphatic hydroxyl groups is 1. The van der Waals surface area contributed by atoms with Crippen molar-refractivity contribution in [2.45, 2.75) is 116 Å². The highest BCUT2D eigenvalue weighted by Gasteiger charge is 2.86. The van der Waals surface area contributed by atoms with Crippen molar-refractivity contribution in [3.63, 3.8) is 0 Å². The van der Waals surface area contributed by atoms with Gasteiger partial charge in [-0.25, -0.2) is 4.79 Å². The van der Waals surface area contributed by atoms with Crippen LogP contribution in [0.2, 0.25) is 0 Å². The Labute approximate surface area is 222 Å². The molecular weight excluding hydrogens is 496 g/mol. The fourth-order valence-corrected chi connectivity index (χ4v) is 6.83. The van der Waals surface area contributed by atoms with Crippen molar-refractivity contribution in [3.8, 4) is 0 Å². The Morgan fingerprint density at radius 3 is 2.34 bits per heavy atom. The molecule has 2 aliphatic heterocycles. The Hall–Kier alpha value is -2.72. The quantitative estimate of drug-likeness (QED) is 0.242. The molecule has 1 unspecified atom stereocenters. The van der Waals surface area contributed by atoms with Gasteiger partial charge in [0.1, 0.15) is 18.3 Å². The van der Waals surface area contributed by atoms with Gasteiger partial charge in [0.2, 0.25) is 0 Å². The molecule has 4 rings (SSSR count). The molecule has 0 saturated carbocycles. The van der Waals surface area contributed by atoms with Crippen molar-refractivity contribution in [3.05, 3.63) is 23.3 Å². The molecule has 2 heterocycles. The number of rotatable bonds is 5. The summed E-state index contributed by atoms with van der Waals surface area (Å²) in [4.78, 5) is 50.4. The van der Waals surface area contributed by atoms with Gasteiger partial charge in [0.25, 0.3) is 0 Å². The van der Waals surface area contributed by atoms with E-state index in [1.807, 2.05) is 19.9 Å². The Morgan fingerprint density at radius 2 is 1.76 bits per heavy atom. The van der Waals surface area contributed by atoms with E-state index in [-0.39, 0.29) is 19.3 Å². The van der Waals surface area contributed by atoms with Crippen LogP contribution in [0.15, 0.2) is 23.3 Å². The summed E-state index contributed by atoms with van der Waals surface area (Å²) in [6.45, 7) is 11.4. The third-order valence-electron chi connectivity index (χ3n) is 8.63. The Balaban J connectivity index is 1.96. The summed E-state index contributed by atoms with van der Waals surface area (Å²) in [6, 6.07) is 0. The number of hydrogen-bond donors (Lipinski definition) is 1. The van der Waals surface area contributed by atoms with Crippen molar-refractivity contribution < 1.29 is 48.0 Å². The standard InChI is InChI=1S/C28H38O10/c1-8-9-21(31)36-18-12-14(2)13-20-28(27(7,38-28)25(33)37-20)23(32)22-15(3)10-11-19(34-16(4)29)26(22,6)24(18)35-17(5)30/h10,13,18-20,22-24,32H,8-9,11-12H2,1-7H3/b14-13-/t18?,19-,20-,22+,23-,24-,26-,27-,28-/m0/s1. The maximum atomic E-state index is 12.9. The first-order chi connectivity index (χ1) is 17.7. The lowest BCUT2D eigenvalue weighted by Gasteiger charge is -2.53. The molecule has 0 aromatic carbocycles. The summed E-state index contributed by atoms with van der Waals surface area (Å²) in [5.74, 6) is -3.02. The molecule has 1 spiro atoms. The fraction of sp³-hybridized carbons (Fsp3) is 0.714.